The van der Waals surface area contributed by atoms with Gasteiger partial charge in [-0.3, -0.25) is 4.79 Å². The quantitative estimate of drug-likeness (QED) is 0.292. The summed E-state index contributed by atoms with van der Waals surface area (Å²) in [5.41, 5.74) is 5.31. The lowest BCUT2D eigenvalue weighted by Crippen LogP contribution is -2.35. The van der Waals surface area contributed by atoms with Gasteiger partial charge in [-0.2, -0.15) is 11.8 Å². The zero-order chi connectivity index (χ0) is 11.0. The predicted octanol–water partition coefficient (Wildman–Crippen LogP) is 0.334. The van der Waals surface area contributed by atoms with E-state index in [-0.39, 0.29) is 11.7 Å². The molecule has 0 fully saturated rings. The molecule has 0 unspecified atom stereocenters. The topological polar surface area (TPSA) is 78.9 Å². The second-order valence-electron chi connectivity index (χ2n) is 2.75. The summed E-state index contributed by atoms with van der Waals surface area (Å²) in [7, 11) is 0. The number of oxime groups is 1. The molecule has 0 bridgehead atoms. The summed E-state index contributed by atoms with van der Waals surface area (Å²) in [6.07, 6.45) is 2.29. The first-order chi connectivity index (χ1) is 6.65. The highest BCUT2D eigenvalue weighted by Crippen LogP contribution is 1.99. The molecular weight excluding hydrogens is 202 g/mol. The Morgan fingerprint density at radius 2 is 2.29 bits per heavy atom. The molecule has 0 atom stereocenters. The van der Waals surface area contributed by atoms with Crippen molar-refractivity contribution in [1.82, 2.24) is 4.90 Å². The van der Waals surface area contributed by atoms with Gasteiger partial charge in [0.05, 0.1) is 5.75 Å². The van der Waals surface area contributed by atoms with Crippen molar-refractivity contribution in [2.45, 2.75) is 13.3 Å². The van der Waals surface area contributed by atoms with Gasteiger partial charge in [-0.1, -0.05) is 5.16 Å². The van der Waals surface area contributed by atoms with Gasteiger partial charge >= 0.3 is 0 Å². The van der Waals surface area contributed by atoms with Crippen LogP contribution < -0.4 is 5.73 Å². The van der Waals surface area contributed by atoms with E-state index in [2.05, 4.69) is 5.16 Å². The zero-order valence-corrected chi connectivity index (χ0v) is 9.38. The van der Waals surface area contributed by atoms with E-state index in [1.807, 2.05) is 13.2 Å². The molecule has 6 heteroatoms. The summed E-state index contributed by atoms with van der Waals surface area (Å²) >= 11 is 1.49. The van der Waals surface area contributed by atoms with Crippen molar-refractivity contribution >= 4 is 23.5 Å². The minimum Gasteiger partial charge on any atom is -0.409 e. The van der Waals surface area contributed by atoms with Crippen molar-refractivity contribution in [2.75, 3.05) is 25.1 Å². The molecule has 0 aromatic rings. The number of hydrogen-bond donors (Lipinski definition) is 2. The van der Waals surface area contributed by atoms with Crippen molar-refractivity contribution in [3.8, 4) is 0 Å². The van der Waals surface area contributed by atoms with E-state index in [0.717, 1.165) is 0 Å². The Kier molecular flexibility index (Phi) is 7.00. The van der Waals surface area contributed by atoms with E-state index in [9.17, 15) is 4.79 Å². The second kappa shape index (κ2) is 7.49. The molecule has 82 valence electrons. The van der Waals surface area contributed by atoms with Crippen molar-refractivity contribution in [1.29, 1.82) is 0 Å². The van der Waals surface area contributed by atoms with Crippen LogP contribution in [0.2, 0.25) is 0 Å². The maximum Gasteiger partial charge on any atom is 0.232 e. The molecule has 0 aliphatic heterocycles. The number of carbonyl (C=O) groups excluding carboxylic acids is 1. The van der Waals surface area contributed by atoms with Gasteiger partial charge < -0.3 is 15.8 Å². The first-order valence-electron chi connectivity index (χ1n) is 4.38. The maximum atomic E-state index is 11.4. The minimum atomic E-state index is 0.0886. The van der Waals surface area contributed by atoms with Gasteiger partial charge in [-0.05, 0) is 13.2 Å². The lowest BCUT2D eigenvalue weighted by molar-refractivity contribution is -0.128. The van der Waals surface area contributed by atoms with Crippen LogP contribution in [0.3, 0.4) is 0 Å². The van der Waals surface area contributed by atoms with Crippen LogP contribution in [0.4, 0.5) is 0 Å². The minimum absolute atomic E-state index is 0.0886. The molecule has 0 saturated heterocycles. The van der Waals surface area contributed by atoms with Gasteiger partial charge in [0.25, 0.3) is 0 Å². The lowest BCUT2D eigenvalue weighted by Gasteiger charge is -2.19. The molecule has 14 heavy (non-hydrogen) atoms. The number of carbonyl (C=O) groups is 1. The molecule has 0 aromatic carbocycles. The molecule has 0 aromatic heterocycles. The fraction of sp³-hybridized carbons (Fsp3) is 0.750. The third-order valence-corrected chi connectivity index (χ3v) is 2.30. The number of hydrogen-bond acceptors (Lipinski definition) is 4. The highest BCUT2D eigenvalue weighted by Gasteiger charge is 2.10. The molecule has 0 saturated carbocycles. The Hall–Kier alpha value is -0.910. The fourth-order valence-corrected chi connectivity index (χ4v) is 1.40. The summed E-state index contributed by atoms with van der Waals surface area (Å²) in [4.78, 5) is 13.1. The SMILES string of the molecule is CCN(CCC(N)=NO)C(=O)CSC. The molecule has 0 heterocycles. The van der Waals surface area contributed by atoms with Crippen molar-refractivity contribution in [2.24, 2.45) is 10.9 Å². The number of amides is 1. The van der Waals surface area contributed by atoms with E-state index in [0.29, 0.717) is 25.3 Å². The van der Waals surface area contributed by atoms with Crippen molar-refractivity contribution in [3.63, 3.8) is 0 Å². The van der Waals surface area contributed by atoms with Crippen LogP contribution in [-0.2, 0) is 4.79 Å². The van der Waals surface area contributed by atoms with Gasteiger partial charge in [0, 0.05) is 19.5 Å². The number of rotatable bonds is 6. The monoisotopic (exact) mass is 219 g/mol. The molecular formula is C8H17N3O2S. The van der Waals surface area contributed by atoms with Gasteiger partial charge in [-0.25, -0.2) is 0 Å². The molecule has 5 nitrogen and oxygen atoms in total. The summed E-state index contributed by atoms with van der Waals surface area (Å²) in [6.45, 7) is 3.06. The van der Waals surface area contributed by atoms with Gasteiger partial charge in [0.2, 0.25) is 5.91 Å². The van der Waals surface area contributed by atoms with Gasteiger partial charge in [0.1, 0.15) is 5.84 Å². The van der Waals surface area contributed by atoms with Gasteiger partial charge in [0.15, 0.2) is 0 Å². The van der Waals surface area contributed by atoms with Crippen LogP contribution >= 0.6 is 11.8 Å². The van der Waals surface area contributed by atoms with Crippen molar-refractivity contribution in [3.05, 3.63) is 0 Å². The summed E-state index contributed by atoms with van der Waals surface area (Å²) in [5.74, 6) is 0.718. The average molecular weight is 219 g/mol. The fourth-order valence-electron chi connectivity index (χ4n) is 0.973. The molecule has 0 radical (unpaired) electrons. The molecule has 3 N–H and O–H groups in total. The first-order valence-corrected chi connectivity index (χ1v) is 5.78. The highest BCUT2D eigenvalue weighted by atomic mass is 32.2. The lowest BCUT2D eigenvalue weighted by atomic mass is 10.3. The van der Waals surface area contributed by atoms with E-state index >= 15 is 0 Å². The van der Waals surface area contributed by atoms with Crippen LogP contribution in [0.25, 0.3) is 0 Å². The third kappa shape index (κ3) is 4.96. The van der Waals surface area contributed by atoms with Crippen LogP contribution in [0.1, 0.15) is 13.3 Å². The van der Waals surface area contributed by atoms with E-state index in [4.69, 9.17) is 10.9 Å². The predicted molar refractivity (Wildman–Crippen MR) is 58.7 cm³/mol. The van der Waals surface area contributed by atoms with Crippen LogP contribution in [0, 0.1) is 0 Å². The molecule has 0 aliphatic carbocycles. The Morgan fingerprint density at radius 3 is 2.71 bits per heavy atom. The van der Waals surface area contributed by atoms with E-state index in [1.165, 1.54) is 11.8 Å². The molecule has 1 amide bonds. The largest absolute Gasteiger partial charge is 0.409 e. The Morgan fingerprint density at radius 1 is 1.64 bits per heavy atom. The molecule has 0 aliphatic rings. The number of nitrogens with two attached hydrogens (primary N) is 1. The summed E-state index contributed by atoms with van der Waals surface area (Å²) in [5, 5.41) is 11.2. The Labute approximate surface area is 88.3 Å². The molecule has 0 rings (SSSR count). The standard InChI is InChI=1S/C8H17N3O2S/c1-3-11(8(12)6-14-2)5-4-7(9)10-13/h13H,3-6H2,1-2H3,(H2,9,10). The van der Waals surface area contributed by atoms with Crippen LogP contribution in [0.15, 0.2) is 5.16 Å². The zero-order valence-electron chi connectivity index (χ0n) is 8.56. The first kappa shape index (κ1) is 13.1. The number of amidine groups is 1. The molecule has 0 spiro atoms. The van der Waals surface area contributed by atoms with E-state index < -0.39 is 0 Å². The summed E-state index contributed by atoms with van der Waals surface area (Å²) < 4.78 is 0. The average Bonchev–Trinajstić information content (AvgIpc) is 2.18. The van der Waals surface area contributed by atoms with E-state index in [1.54, 1.807) is 4.90 Å². The number of nitrogens with zero attached hydrogens (tertiary/aromatic N) is 2. The second-order valence-corrected chi connectivity index (χ2v) is 3.61. The third-order valence-electron chi connectivity index (χ3n) is 1.77. The maximum absolute atomic E-state index is 11.4. The Bertz CT molecular complexity index is 209. The van der Waals surface area contributed by atoms with Crippen LogP contribution in [-0.4, -0.2) is 46.9 Å². The number of thioether (sulfide) groups is 1. The normalized spacial score (nSPS) is 11.4. The van der Waals surface area contributed by atoms with Crippen molar-refractivity contribution < 1.29 is 10.0 Å². The summed E-state index contributed by atoms with van der Waals surface area (Å²) in [6, 6.07) is 0. The van der Waals surface area contributed by atoms with Gasteiger partial charge in [-0.15, -0.1) is 0 Å². The highest BCUT2D eigenvalue weighted by molar-refractivity contribution is 7.99. The Balaban J connectivity index is 3.96. The van der Waals surface area contributed by atoms with Crippen LogP contribution in [0.5, 0.6) is 0 Å². The smallest absolute Gasteiger partial charge is 0.232 e.